The number of nitrogens with one attached hydrogen (secondary N) is 2. The lowest BCUT2D eigenvalue weighted by atomic mass is 10.0. The molecule has 1 atom stereocenters. The summed E-state index contributed by atoms with van der Waals surface area (Å²) in [6.07, 6.45) is 2.50. The topological polar surface area (TPSA) is 88.4 Å². The Morgan fingerprint density at radius 2 is 1.79 bits per heavy atom. The molecule has 0 saturated carbocycles. The van der Waals surface area contributed by atoms with Crippen LogP contribution in [0.4, 0.5) is 5.69 Å². The van der Waals surface area contributed by atoms with Gasteiger partial charge in [0.15, 0.2) is 0 Å². The minimum atomic E-state index is -0.616. The highest BCUT2D eigenvalue weighted by Crippen LogP contribution is 2.34. The van der Waals surface area contributed by atoms with Crippen LogP contribution in [0.15, 0.2) is 16.9 Å². The first kappa shape index (κ1) is 19.0. The highest BCUT2D eigenvalue weighted by Gasteiger charge is 2.33. The molecule has 1 aromatic carbocycles. The molecule has 2 amide bonds. The van der Waals surface area contributed by atoms with E-state index in [-0.39, 0.29) is 36.3 Å². The van der Waals surface area contributed by atoms with E-state index in [2.05, 4.69) is 21.6 Å². The van der Waals surface area contributed by atoms with Gasteiger partial charge in [-0.05, 0) is 31.4 Å². The van der Waals surface area contributed by atoms with E-state index in [1.54, 1.807) is 4.57 Å². The van der Waals surface area contributed by atoms with Crippen LogP contribution < -0.4 is 21.2 Å². The summed E-state index contributed by atoms with van der Waals surface area (Å²) >= 11 is 0. The van der Waals surface area contributed by atoms with E-state index in [4.69, 9.17) is 0 Å². The van der Waals surface area contributed by atoms with Gasteiger partial charge in [0.25, 0.3) is 0 Å². The lowest BCUT2D eigenvalue weighted by Crippen LogP contribution is -2.44. The van der Waals surface area contributed by atoms with Crippen molar-refractivity contribution in [2.75, 3.05) is 31.1 Å². The van der Waals surface area contributed by atoms with Crippen molar-refractivity contribution < 1.29 is 9.59 Å². The molecule has 3 aliphatic heterocycles. The molecule has 2 aromatic rings. The molecule has 4 heterocycles. The predicted octanol–water partition coefficient (Wildman–Crippen LogP) is 0.558. The number of hydrogen-bond acceptors (Lipinski definition) is 5. The maximum Gasteiger partial charge on any atom is 0.329 e. The number of aromatic nitrogens is 2. The van der Waals surface area contributed by atoms with Crippen molar-refractivity contribution in [1.82, 2.24) is 19.8 Å². The summed E-state index contributed by atoms with van der Waals surface area (Å²) in [6.45, 7) is 4.50. The molecule has 2 saturated heterocycles. The molecule has 0 bridgehead atoms. The Morgan fingerprint density at radius 1 is 1.00 bits per heavy atom. The van der Waals surface area contributed by atoms with Crippen LogP contribution in [-0.2, 0) is 22.6 Å². The number of rotatable bonds is 2. The van der Waals surface area contributed by atoms with Gasteiger partial charge in [-0.3, -0.25) is 24.0 Å². The van der Waals surface area contributed by atoms with Gasteiger partial charge in [-0.15, -0.1) is 12.4 Å². The summed E-state index contributed by atoms with van der Waals surface area (Å²) in [4.78, 5) is 39.4. The summed E-state index contributed by atoms with van der Waals surface area (Å²) in [6, 6.07) is 3.46. The van der Waals surface area contributed by atoms with E-state index in [0.29, 0.717) is 13.0 Å². The molecule has 1 aromatic heterocycles. The normalized spacial score (nSPS) is 22.1. The fraction of sp³-hybridized carbons (Fsp3) is 0.526. The first-order valence-corrected chi connectivity index (χ1v) is 9.71. The summed E-state index contributed by atoms with van der Waals surface area (Å²) in [5, 5.41) is 5.75. The molecule has 28 heavy (non-hydrogen) atoms. The SMILES string of the molecule is Cl.O=C1CCC(n2c(=O)n3c4c(c(N5CCNCC5)ccc42)CCC3)C(=O)N1. The van der Waals surface area contributed by atoms with Crippen molar-refractivity contribution in [1.29, 1.82) is 0 Å². The molecule has 8 nitrogen and oxygen atoms in total. The number of imidazole rings is 1. The number of hydrogen-bond donors (Lipinski definition) is 2. The summed E-state index contributed by atoms with van der Waals surface area (Å²) in [5.74, 6) is -0.640. The van der Waals surface area contributed by atoms with Gasteiger partial charge in [-0.2, -0.15) is 0 Å². The minimum absolute atomic E-state index is 0. The van der Waals surface area contributed by atoms with E-state index >= 15 is 0 Å². The highest BCUT2D eigenvalue weighted by molar-refractivity contribution is 6.00. The van der Waals surface area contributed by atoms with Gasteiger partial charge in [0.05, 0.1) is 11.0 Å². The van der Waals surface area contributed by atoms with Gasteiger partial charge in [-0.25, -0.2) is 4.79 Å². The lowest BCUT2D eigenvalue weighted by molar-refractivity contribution is -0.135. The molecule has 2 N–H and O–H groups in total. The first-order chi connectivity index (χ1) is 13.1. The number of piperidine rings is 1. The molecule has 3 aliphatic rings. The Bertz CT molecular complexity index is 1010. The molecule has 5 rings (SSSR count). The number of amides is 2. The van der Waals surface area contributed by atoms with E-state index in [0.717, 1.165) is 50.1 Å². The molecular weight excluding hydrogens is 382 g/mol. The average molecular weight is 406 g/mol. The van der Waals surface area contributed by atoms with Gasteiger partial charge in [0, 0.05) is 50.4 Å². The fourth-order valence-electron chi connectivity index (χ4n) is 4.74. The van der Waals surface area contributed by atoms with Crippen LogP contribution in [0.5, 0.6) is 0 Å². The monoisotopic (exact) mass is 405 g/mol. The second-order valence-corrected chi connectivity index (χ2v) is 7.54. The van der Waals surface area contributed by atoms with Crippen molar-refractivity contribution in [2.45, 2.75) is 38.3 Å². The zero-order valence-corrected chi connectivity index (χ0v) is 16.4. The van der Waals surface area contributed by atoms with Crippen molar-refractivity contribution in [3.63, 3.8) is 0 Å². The number of halogens is 1. The molecule has 9 heteroatoms. The maximum absolute atomic E-state index is 13.2. The quantitative estimate of drug-likeness (QED) is 0.713. The molecular formula is C19H24ClN5O3. The fourth-order valence-corrected chi connectivity index (χ4v) is 4.74. The standard InChI is InChI=1S/C19H23N5O3.ClH/c25-16-6-5-15(18(26)21-16)24-14-4-3-13(22-10-7-20-8-11-22)12-2-1-9-23(17(12)14)19(24)27;/h3-4,15,20H,1-2,5-11H2,(H,21,25,26);1H. The second kappa shape index (κ2) is 7.25. The number of piperazine rings is 1. The zero-order chi connectivity index (χ0) is 18.5. The lowest BCUT2D eigenvalue weighted by Gasteiger charge is -2.32. The number of nitrogens with zero attached hydrogens (tertiary/aromatic N) is 3. The van der Waals surface area contributed by atoms with Gasteiger partial charge >= 0.3 is 5.69 Å². The number of aryl methyl sites for hydroxylation is 2. The number of benzene rings is 1. The van der Waals surface area contributed by atoms with Crippen molar-refractivity contribution in [2.24, 2.45) is 0 Å². The number of anilines is 1. The molecule has 150 valence electrons. The maximum atomic E-state index is 13.2. The Kier molecular flexibility index (Phi) is 4.93. The summed E-state index contributed by atoms with van der Waals surface area (Å²) < 4.78 is 3.43. The van der Waals surface area contributed by atoms with E-state index in [1.807, 2.05) is 10.6 Å². The third kappa shape index (κ3) is 2.82. The number of imide groups is 1. The van der Waals surface area contributed by atoms with Crippen LogP contribution in [0, 0.1) is 0 Å². The van der Waals surface area contributed by atoms with Crippen LogP contribution in [0.2, 0.25) is 0 Å². The third-order valence-corrected chi connectivity index (χ3v) is 5.99. The summed E-state index contributed by atoms with van der Waals surface area (Å²) in [7, 11) is 0. The Balaban J connectivity index is 0.00000192. The Hall–Kier alpha value is -2.32. The van der Waals surface area contributed by atoms with E-state index in [9.17, 15) is 14.4 Å². The number of carbonyl (C=O) groups is 2. The van der Waals surface area contributed by atoms with Gasteiger partial charge in [-0.1, -0.05) is 0 Å². The van der Waals surface area contributed by atoms with Crippen molar-refractivity contribution in [3.05, 3.63) is 28.2 Å². The molecule has 2 fully saturated rings. The molecule has 1 unspecified atom stereocenters. The van der Waals surface area contributed by atoms with E-state index in [1.165, 1.54) is 11.3 Å². The van der Waals surface area contributed by atoms with Crippen LogP contribution in [0.3, 0.4) is 0 Å². The van der Waals surface area contributed by atoms with Gasteiger partial charge < -0.3 is 10.2 Å². The van der Waals surface area contributed by atoms with E-state index < -0.39 is 6.04 Å². The van der Waals surface area contributed by atoms with Crippen molar-refractivity contribution >= 4 is 40.9 Å². The first-order valence-electron chi connectivity index (χ1n) is 9.71. The average Bonchev–Trinajstić information content (AvgIpc) is 2.97. The van der Waals surface area contributed by atoms with Crippen LogP contribution >= 0.6 is 12.4 Å². The van der Waals surface area contributed by atoms with Crippen LogP contribution in [-0.4, -0.2) is 47.1 Å². The Morgan fingerprint density at radius 3 is 2.54 bits per heavy atom. The Labute approximate surface area is 168 Å². The molecule has 0 spiro atoms. The smallest absolute Gasteiger partial charge is 0.329 e. The zero-order valence-electron chi connectivity index (χ0n) is 15.6. The minimum Gasteiger partial charge on any atom is -0.369 e. The predicted molar refractivity (Wildman–Crippen MR) is 108 cm³/mol. The molecule has 0 aliphatic carbocycles. The largest absolute Gasteiger partial charge is 0.369 e. The van der Waals surface area contributed by atoms with Crippen LogP contribution in [0.1, 0.15) is 30.9 Å². The highest BCUT2D eigenvalue weighted by atomic mass is 35.5. The summed E-state index contributed by atoms with van der Waals surface area (Å²) in [5.41, 5.74) is 4.05. The van der Waals surface area contributed by atoms with Gasteiger partial charge in [0.1, 0.15) is 6.04 Å². The number of carbonyl (C=O) groups excluding carboxylic acids is 2. The molecule has 0 radical (unpaired) electrons. The van der Waals surface area contributed by atoms with Gasteiger partial charge in [0.2, 0.25) is 11.8 Å². The van der Waals surface area contributed by atoms with Crippen LogP contribution in [0.25, 0.3) is 11.0 Å². The third-order valence-electron chi connectivity index (χ3n) is 5.99. The second-order valence-electron chi connectivity index (χ2n) is 7.54. The van der Waals surface area contributed by atoms with Crippen molar-refractivity contribution in [3.8, 4) is 0 Å².